The monoisotopic (exact) mass is 217 g/mol. The Morgan fingerprint density at radius 3 is 2.69 bits per heavy atom. The molecule has 13 heavy (non-hydrogen) atoms. The number of nitrogens with zero attached hydrogens (tertiary/aromatic N) is 1. The number of carboxylic acid groups (broad SMARTS) is 1. The quantitative estimate of drug-likeness (QED) is 0.494. The Labute approximate surface area is 87.9 Å². The van der Waals surface area contributed by atoms with Crippen molar-refractivity contribution in [1.29, 1.82) is 0 Å². The second-order valence-corrected chi connectivity index (χ2v) is 4.44. The SMILES string of the molecule is O=C(O)CCN1C=CC=CC1(S)S. The van der Waals surface area contributed by atoms with Crippen LogP contribution in [-0.4, -0.2) is 26.7 Å². The normalized spacial score (nSPS) is 19.1. The van der Waals surface area contributed by atoms with Crippen LogP contribution >= 0.6 is 25.3 Å². The first kappa shape index (κ1) is 10.5. The molecule has 0 spiro atoms. The van der Waals surface area contributed by atoms with Gasteiger partial charge in [0.2, 0.25) is 0 Å². The summed E-state index contributed by atoms with van der Waals surface area (Å²) < 4.78 is -0.676. The lowest BCUT2D eigenvalue weighted by Gasteiger charge is -2.34. The number of aliphatic carboxylic acids is 1. The van der Waals surface area contributed by atoms with Crippen LogP contribution in [0.4, 0.5) is 0 Å². The molecule has 0 radical (unpaired) electrons. The number of thiol groups is 2. The van der Waals surface area contributed by atoms with Crippen molar-refractivity contribution in [2.75, 3.05) is 6.54 Å². The van der Waals surface area contributed by atoms with Crippen LogP contribution in [0.25, 0.3) is 0 Å². The van der Waals surface area contributed by atoms with Crippen LogP contribution < -0.4 is 0 Å². The van der Waals surface area contributed by atoms with Gasteiger partial charge in [0.05, 0.1) is 6.42 Å². The molecule has 0 aromatic rings. The largest absolute Gasteiger partial charge is 0.481 e. The Kier molecular flexibility index (Phi) is 3.33. The molecule has 0 aromatic carbocycles. The molecule has 0 saturated heterocycles. The topological polar surface area (TPSA) is 40.5 Å². The molecule has 0 saturated carbocycles. The average Bonchev–Trinajstić information content (AvgIpc) is 2.01. The standard InChI is InChI=1S/C8H11NO2S2/c10-7(11)3-6-9-5-2-1-4-8(9,12)13/h1-2,4-5,12-13H,3,6H2,(H,10,11). The van der Waals surface area contributed by atoms with Gasteiger partial charge in [0, 0.05) is 12.7 Å². The lowest BCUT2D eigenvalue weighted by atomic mass is 10.3. The minimum atomic E-state index is -0.819. The zero-order valence-electron chi connectivity index (χ0n) is 6.92. The highest BCUT2D eigenvalue weighted by Crippen LogP contribution is 2.29. The van der Waals surface area contributed by atoms with Crippen molar-refractivity contribution in [2.24, 2.45) is 0 Å². The van der Waals surface area contributed by atoms with E-state index in [0.717, 1.165) is 0 Å². The number of allylic oxidation sites excluding steroid dienone is 2. The smallest absolute Gasteiger partial charge is 0.305 e. The number of hydrogen-bond acceptors (Lipinski definition) is 4. The first-order chi connectivity index (χ1) is 6.02. The molecule has 1 aliphatic rings. The van der Waals surface area contributed by atoms with Gasteiger partial charge in [-0.15, -0.1) is 25.3 Å². The van der Waals surface area contributed by atoms with Gasteiger partial charge in [-0.1, -0.05) is 6.08 Å². The van der Waals surface area contributed by atoms with Crippen molar-refractivity contribution < 1.29 is 9.90 Å². The van der Waals surface area contributed by atoms with Crippen LogP contribution in [0.2, 0.25) is 0 Å². The highest BCUT2D eigenvalue weighted by atomic mass is 32.2. The molecule has 0 bridgehead atoms. The Balaban J connectivity index is 2.54. The predicted octanol–water partition coefficient (Wildman–Crippen LogP) is 1.36. The Bertz CT molecular complexity index is 261. The Morgan fingerprint density at radius 2 is 2.15 bits per heavy atom. The summed E-state index contributed by atoms with van der Waals surface area (Å²) in [6.07, 6.45) is 7.31. The van der Waals surface area contributed by atoms with Crippen molar-refractivity contribution in [1.82, 2.24) is 4.90 Å². The van der Waals surface area contributed by atoms with E-state index >= 15 is 0 Å². The van der Waals surface area contributed by atoms with Gasteiger partial charge in [0.1, 0.15) is 4.20 Å². The summed E-state index contributed by atoms with van der Waals surface area (Å²) >= 11 is 8.55. The van der Waals surface area contributed by atoms with Gasteiger partial charge < -0.3 is 10.0 Å². The highest BCUT2D eigenvalue weighted by molar-refractivity contribution is 8.00. The third-order valence-corrected chi connectivity index (χ3v) is 2.50. The number of hydrogen-bond donors (Lipinski definition) is 3. The highest BCUT2D eigenvalue weighted by Gasteiger charge is 2.24. The molecule has 0 unspecified atom stereocenters. The zero-order chi connectivity index (χ0) is 9.90. The molecule has 1 aliphatic heterocycles. The van der Waals surface area contributed by atoms with Crippen molar-refractivity contribution in [3.05, 3.63) is 24.4 Å². The Morgan fingerprint density at radius 1 is 1.46 bits per heavy atom. The van der Waals surface area contributed by atoms with Crippen LogP contribution in [0.3, 0.4) is 0 Å². The van der Waals surface area contributed by atoms with Gasteiger partial charge in [-0.25, -0.2) is 0 Å². The Hall–Kier alpha value is -0.550. The van der Waals surface area contributed by atoms with E-state index in [0.29, 0.717) is 6.54 Å². The minimum Gasteiger partial charge on any atom is -0.481 e. The van der Waals surface area contributed by atoms with E-state index in [4.69, 9.17) is 5.11 Å². The maximum atomic E-state index is 10.3. The fourth-order valence-electron chi connectivity index (χ4n) is 0.999. The molecule has 0 aliphatic carbocycles. The van der Waals surface area contributed by atoms with Crippen LogP contribution in [0.1, 0.15) is 6.42 Å². The molecule has 0 atom stereocenters. The van der Waals surface area contributed by atoms with Gasteiger partial charge in [-0.05, 0) is 12.2 Å². The molecule has 5 heteroatoms. The zero-order valence-corrected chi connectivity index (χ0v) is 8.71. The summed E-state index contributed by atoms with van der Waals surface area (Å²) in [4.78, 5) is 12.1. The minimum absolute atomic E-state index is 0.0844. The lowest BCUT2D eigenvalue weighted by molar-refractivity contribution is -0.137. The fraction of sp³-hybridized carbons (Fsp3) is 0.375. The van der Waals surface area contributed by atoms with Gasteiger partial charge in [0.25, 0.3) is 0 Å². The van der Waals surface area contributed by atoms with E-state index in [9.17, 15) is 4.79 Å². The van der Waals surface area contributed by atoms with Crippen LogP contribution in [-0.2, 0) is 4.79 Å². The maximum Gasteiger partial charge on any atom is 0.305 e. The molecule has 0 fully saturated rings. The van der Waals surface area contributed by atoms with Crippen molar-refractivity contribution in [2.45, 2.75) is 10.6 Å². The van der Waals surface area contributed by atoms with Gasteiger partial charge in [-0.2, -0.15) is 0 Å². The maximum absolute atomic E-state index is 10.3. The predicted molar refractivity (Wildman–Crippen MR) is 57.9 cm³/mol. The number of carboxylic acids is 1. The van der Waals surface area contributed by atoms with E-state index in [1.54, 1.807) is 17.2 Å². The summed E-state index contributed by atoms with van der Waals surface area (Å²) in [6, 6.07) is 0. The summed E-state index contributed by atoms with van der Waals surface area (Å²) in [5.74, 6) is -0.819. The van der Waals surface area contributed by atoms with Gasteiger partial charge >= 0.3 is 5.97 Å². The van der Waals surface area contributed by atoms with Crippen LogP contribution in [0, 0.1) is 0 Å². The molecule has 72 valence electrons. The van der Waals surface area contributed by atoms with E-state index in [-0.39, 0.29) is 6.42 Å². The van der Waals surface area contributed by atoms with Crippen LogP contribution in [0.5, 0.6) is 0 Å². The molecular formula is C8H11NO2S2. The van der Waals surface area contributed by atoms with E-state index in [2.05, 4.69) is 25.3 Å². The number of carbonyl (C=O) groups is 1. The lowest BCUT2D eigenvalue weighted by Crippen LogP contribution is -2.36. The van der Waals surface area contributed by atoms with E-state index in [1.165, 1.54) is 0 Å². The third kappa shape index (κ3) is 3.00. The summed E-state index contributed by atoms with van der Waals surface area (Å²) in [5, 5.41) is 8.50. The van der Waals surface area contributed by atoms with Crippen LogP contribution in [0.15, 0.2) is 24.4 Å². The van der Waals surface area contributed by atoms with Crippen molar-refractivity contribution in [3.63, 3.8) is 0 Å². The number of rotatable bonds is 3. The third-order valence-electron chi connectivity index (χ3n) is 1.69. The first-order valence-electron chi connectivity index (χ1n) is 3.82. The van der Waals surface area contributed by atoms with E-state index < -0.39 is 10.2 Å². The fourth-order valence-corrected chi connectivity index (χ4v) is 1.50. The second-order valence-electron chi connectivity index (χ2n) is 2.73. The molecule has 1 rings (SSSR count). The molecule has 0 aromatic heterocycles. The first-order valence-corrected chi connectivity index (χ1v) is 4.71. The average molecular weight is 217 g/mol. The molecule has 0 amide bonds. The summed E-state index contributed by atoms with van der Waals surface area (Å²) in [6.45, 7) is 0.406. The van der Waals surface area contributed by atoms with Gasteiger partial charge in [-0.3, -0.25) is 4.79 Å². The van der Waals surface area contributed by atoms with E-state index in [1.807, 2.05) is 12.2 Å². The molecule has 3 nitrogen and oxygen atoms in total. The molecule has 1 heterocycles. The second kappa shape index (κ2) is 4.11. The van der Waals surface area contributed by atoms with Crippen molar-refractivity contribution in [3.8, 4) is 0 Å². The van der Waals surface area contributed by atoms with Crippen molar-refractivity contribution >= 4 is 31.2 Å². The summed E-state index contributed by atoms with van der Waals surface area (Å²) in [5.41, 5.74) is 0. The summed E-state index contributed by atoms with van der Waals surface area (Å²) in [7, 11) is 0. The van der Waals surface area contributed by atoms with Gasteiger partial charge in [0.15, 0.2) is 0 Å². The molecular weight excluding hydrogens is 206 g/mol. The molecule has 1 N–H and O–H groups in total.